The zero-order chi connectivity index (χ0) is 25.5. The van der Waals surface area contributed by atoms with Gasteiger partial charge in [-0.2, -0.15) is 5.01 Å². The van der Waals surface area contributed by atoms with Gasteiger partial charge in [-0.3, -0.25) is 15.0 Å². The van der Waals surface area contributed by atoms with E-state index in [1.807, 2.05) is 19.1 Å². The Bertz CT molecular complexity index is 1310. The van der Waals surface area contributed by atoms with E-state index in [1.165, 1.54) is 18.4 Å². The lowest BCUT2D eigenvalue weighted by atomic mass is 10.1. The zero-order valence-electron chi connectivity index (χ0n) is 18.9. The molecule has 1 atom stereocenters. The summed E-state index contributed by atoms with van der Waals surface area (Å²) in [6.07, 6.45) is 1.35. The third-order valence-corrected chi connectivity index (χ3v) is 5.29. The van der Waals surface area contributed by atoms with E-state index in [4.69, 9.17) is 11.1 Å². The lowest BCUT2D eigenvalue weighted by Gasteiger charge is -2.26. The summed E-state index contributed by atoms with van der Waals surface area (Å²) in [5.74, 6) is 4.22. The first kappa shape index (κ1) is 25.4. The normalized spacial score (nSPS) is 11.3. The minimum Gasteiger partial charge on any atom is -0.481 e. The summed E-state index contributed by atoms with van der Waals surface area (Å²) in [7, 11) is 0. The summed E-state index contributed by atoms with van der Waals surface area (Å²) in [5, 5.41) is 29.3. The van der Waals surface area contributed by atoms with Crippen LogP contribution in [-0.4, -0.2) is 54.8 Å². The van der Waals surface area contributed by atoms with Gasteiger partial charge < -0.3 is 10.8 Å². The fourth-order valence-electron chi connectivity index (χ4n) is 3.16. The molecule has 0 radical (unpaired) electrons. The molecule has 3 rings (SSSR count). The molecule has 0 fully saturated rings. The second-order valence-corrected chi connectivity index (χ2v) is 8.22. The first-order chi connectivity index (χ1) is 16.7. The summed E-state index contributed by atoms with van der Waals surface area (Å²) >= 11 is 0.793. The Labute approximate surface area is 204 Å². The summed E-state index contributed by atoms with van der Waals surface area (Å²) in [6.45, 7) is 1.88. The largest absolute Gasteiger partial charge is 0.481 e. The van der Waals surface area contributed by atoms with Crippen molar-refractivity contribution < 1.29 is 19.1 Å². The monoisotopic (exact) mass is 495 g/mol. The Morgan fingerprint density at radius 2 is 2.00 bits per heavy atom. The highest BCUT2D eigenvalue weighted by Gasteiger charge is 2.32. The number of tetrazole rings is 1. The summed E-state index contributed by atoms with van der Waals surface area (Å²) in [5.41, 5.74) is 8.61. The molecule has 1 unspecified atom stereocenters. The Morgan fingerprint density at radius 3 is 2.63 bits per heavy atom. The molecule has 0 bridgehead atoms. The van der Waals surface area contributed by atoms with Gasteiger partial charge in [0.25, 0.3) is 0 Å². The van der Waals surface area contributed by atoms with Gasteiger partial charge in [-0.1, -0.05) is 40.6 Å². The van der Waals surface area contributed by atoms with Gasteiger partial charge in [0, 0.05) is 17.5 Å². The third kappa shape index (κ3) is 6.64. The van der Waals surface area contributed by atoms with Crippen LogP contribution in [0.4, 0.5) is 9.18 Å². The van der Waals surface area contributed by atoms with Gasteiger partial charge in [0.2, 0.25) is 5.82 Å². The number of amidine groups is 1. The minimum atomic E-state index is -1.29. The third-order valence-electron chi connectivity index (χ3n) is 4.75. The molecule has 0 aliphatic carbocycles. The van der Waals surface area contributed by atoms with Crippen molar-refractivity contribution in [3.8, 4) is 23.2 Å². The molecule has 0 aliphatic heterocycles. The van der Waals surface area contributed by atoms with E-state index in [0.29, 0.717) is 17.5 Å². The number of thioether (sulfide) groups is 1. The number of hydrogen-bond acceptors (Lipinski definition) is 7. The fourth-order valence-corrected chi connectivity index (χ4v) is 3.55. The number of nitrogens with two attached hydrogens (primary N) is 1. The van der Waals surface area contributed by atoms with E-state index in [9.17, 15) is 19.1 Å². The molecule has 0 saturated carbocycles. The number of aryl methyl sites for hydroxylation is 1. The smallest absolute Gasteiger partial charge is 0.306 e. The molecule has 4 N–H and O–H groups in total. The number of nitrogens with zero attached hydrogens (tertiary/aromatic N) is 5. The quantitative estimate of drug-likeness (QED) is 0.257. The van der Waals surface area contributed by atoms with Crippen LogP contribution >= 0.6 is 11.8 Å². The maximum absolute atomic E-state index is 13.1. The molecular weight excluding hydrogens is 473 g/mol. The summed E-state index contributed by atoms with van der Waals surface area (Å²) in [6, 6.07) is 10.3. The predicted octanol–water partition coefficient (Wildman–Crippen LogP) is 2.58. The molecule has 1 aromatic heterocycles. The standard InChI is InChI=1S/C23H22FN7O3S/c1-14-10-16(5-3-4-15-6-8-18(24)9-7-15)12-17(11-14)22-27-29-31(28-22)30(23(34)35-2)19(21(25)26)13-20(32)33/h6-12,19H,4,13H2,1-2H3,(H3,25,26)(H,32,33). The molecule has 35 heavy (non-hydrogen) atoms. The number of rotatable bonds is 7. The highest BCUT2D eigenvalue weighted by Crippen LogP contribution is 2.19. The van der Waals surface area contributed by atoms with Crippen LogP contribution in [0.25, 0.3) is 11.4 Å². The second-order valence-electron chi connectivity index (χ2n) is 7.46. The number of nitrogens with one attached hydrogen (secondary N) is 1. The number of carbonyl (C=O) groups is 2. The Hall–Kier alpha value is -4.24. The average molecular weight is 496 g/mol. The number of carboxylic acid groups (broad SMARTS) is 1. The molecule has 10 nitrogen and oxygen atoms in total. The number of amides is 1. The summed E-state index contributed by atoms with van der Waals surface area (Å²) < 4.78 is 13.1. The number of carboxylic acids is 1. The van der Waals surface area contributed by atoms with Crippen LogP contribution in [0.2, 0.25) is 0 Å². The Morgan fingerprint density at radius 1 is 1.29 bits per heavy atom. The van der Waals surface area contributed by atoms with Crippen LogP contribution in [0.1, 0.15) is 23.1 Å². The van der Waals surface area contributed by atoms with E-state index in [2.05, 4.69) is 27.3 Å². The fraction of sp³-hybridized carbons (Fsp3) is 0.217. The number of benzene rings is 2. The SMILES string of the molecule is CSC(=O)N(C(CC(=O)O)C(=N)N)n1nnc(-c2cc(C)cc(C#CCc3ccc(F)cc3)c2)n1. The number of aromatic nitrogens is 4. The molecule has 1 amide bonds. The first-order valence-electron chi connectivity index (χ1n) is 10.3. The predicted molar refractivity (Wildman–Crippen MR) is 130 cm³/mol. The Balaban J connectivity index is 1.90. The van der Waals surface area contributed by atoms with E-state index in [1.54, 1.807) is 18.2 Å². The molecule has 2 aromatic carbocycles. The molecule has 3 aromatic rings. The topological polar surface area (TPSA) is 151 Å². The Kier molecular flexibility index (Phi) is 8.17. The van der Waals surface area contributed by atoms with Gasteiger partial charge in [0.1, 0.15) is 17.7 Å². The van der Waals surface area contributed by atoms with Crippen molar-refractivity contribution in [3.63, 3.8) is 0 Å². The van der Waals surface area contributed by atoms with Crippen molar-refractivity contribution in [1.82, 2.24) is 20.3 Å². The minimum absolute atomic E-state index is 0.173. The molecular formula is C23H22FN7O3S. The van der Waals surface area contributed by atoms with Gasteiger partial charge in [-0.25, -0.2) is 4.39 Å². The van der Waals surface area contributed by atoms with Crippen LogP contribution in [0, 0.1) is 30.0 Å². The summed E-state index contributed by atoms with van der Waals surface area (Å²) in [4.78, 5) is 24.6. The molecule has 0 aliphatic rings. The van der Waals surface area contributed by atoms with Crippen LogP contribution in [0.5, 0.6) is 0 Å². The van der Waals surface area contributed by atoms with E-state index in [0.717, 1.165) is 32.8 Å². The van der Waals surface area contributed by atoms with Crippen molar-refractivity contribution in [2.45, 2.75) is 25.8 Å². The zero-order valence-corrected chi connectivity index (χ0v) is 19.7. The van der Waals surface area contributed by atoms with Crippen molar-refractivity contribution in [2.75, 3.05) is 11.3 Å². The molecule has 12 heteroatoms. The van der Waals surface area contributed by atoms with Crippen LogP contribution in [-0.2, 0) is 11.2 Å². The van der Waals surface area contributed by atoms with Crippen LogP contribution < -0.4 is 10.7 Å². The van der Waals surface area contributed by atoms with Crippen LogP contribution in [0.15, 0.2) is 42.5 Å². The second kappa shape index (κ2) is 11.3. The van der Waals surface area contributed by atoms with Crippen molar-refractivity contribution >= 4 is 28.8 Å². The van der Waals surface area contributed by atoms with Gasteiger partial charge in [-0.15, -0.1) is 10.2 Å². The number of halogens is 1. The van der Waals surface area contributed by atoms with Gasteiger partial charge in [0.15, 0.2) is 0 Å². The number of hydrogen-bond donors (Lipinski definition) is 3. The molecule has 0 saturated heterocycles. The highest BCUT2D eigenvalue weighted by molar-refractivity contribution is 8.13. The lowest BCUT2D eigenvalue weighted by Crippen LogP contribution is -2.54. The van der Waals surface area contributed by atoms with Gasteiger partial charge in [0.05, 0.1) is 6.42 Å². The van der Waals surface area contributed by atoms with E-state index >= 15 is 0 Å². The van der Waals surface area contributed by atoms with E-state index < -0.39 is 29.5 Å². The average Bonchev–Trinajstić information content (AvgIpc) is 3.29. The number of carbonyl (C=O) groups excluding carboxylic acids is 1. The maximum atomic E-state index is 13.1. The number of aliphatic carboxylic acids is 1. The maximum Gasteiger partial charge on any atom is 0.306 e. The van der Waals surface area contributed by atoms with Gasteiger partial charge in [-0.05, 0) is 59.9 Å². The van der Waals surface area contributed by atoms with Gasteiger partial charge >= 0.3 is 11.2 Å². The molecule has 1 heterocycles. The van der Waals surface area contributed by atoms with E-state index in [-0.39, 0.29) is 11.6 Å². The first-order valence-corrected chi connectivity index (χ1v) is 11.5. The lowest BCUT2D eigenvalue weighted by molar-refractivity contribution is -0.137. The highest BCUT2D eigenvalue weighted by atomic mass is 32.2. The van der Waals surface area contributed by atoms with Crippen molar-refractivity contribution in [3.05, 3.63) is 65.0 Å². The van der Waals surface area contributed by atoms with Crippen molar-refractivity contribution in [2.24, 2.45) is 5.73 Å². The van der Waals surface area contributed by atoms with Crippen molar-refractivity contribution in [1.29, 1.82) is 5.41 Å². The molecule has 0 spiro atoms. The van der Waals surface area contributed by atoms with Crippen LogP contribution in [0.3, 0.4) is 0 Å². The molecule has 180 valence electrons.